The molecular formula is C70H74F4N2O12S2. The molecule has 0 radical (unpaired) electrons. The smallest absolute Gasteiger partial charge is 0.193 e. The van der Waals surface area contributed by atoms with Crippen molar-refractivity contribution in [1.82, 2.24) is 0 Å². The van der Waals surface area contributed by atoms with Crippen molar-refractivity contribution >= 4 is 58.0 Å². The third-order valence-corrected chi connectivity index (χ3v) is 25.2. The molecular weight excluding hydrogens is 1200 g/mol. The van der Waals surface area contributed by atoms with Gasteiger partial charge in [-0.25, -0.2) is 17.6 Å². The number of carbonyl (C=O) groups excluding carboxylic acids is 4. The summed E-state index contributed by atoms with van der Waals surface area (Å²) >= 11 is 3.12. The number of allylic oxidation sites excluding steroid dienone is 8. The molecule has 20 heteroatoms. The first-order valence-corrected chi connectivity index (χ1v) is 32.3. The van der Waals surface area contributed by atoms with Crippen molar-refractivity contribution in [2.45, 2.75) is 171 Å². The molecule has 0 unspecified atom stereocenters. The minimum absolute atomic E-state index is 0.0359. The van der Waals surface area contributed by atoms with Gasteiger partial charge in [-0.15, -0.1) is 0 Å². The van der Waals surface area contributed by atoms with Crippen LogP contribution < -0.4 is 11.5 Å². The summed E-state index contributed by atoms with van der Waals surface area (Å²) in [7, 11) is 0. The number of alkyl halides is 4. The monoisotopic (exact) mass is 1270 g/mol. The van der Waals surface area contributed by atoms with Gasteiger partial charge in [0, 0.05) is 75.6 Å². The number of halogens is 4. The molecule has 6 saturated carbocycles. The Kier molecular flexibility index (Phi) is 15.0. The van der Waals surface area contributed by atoms with Crippen LogP contribution in [0.4, 0.5) is 28.9 Å². The number of ketones is 4. The van der Waals surface area contributed by atoms with Gasteiger partial charge in [0.1, 0.15) is 25.6 Å². The summed E-state index contributed by atoms with van der Waals surface area (Å²) in [5.74, 6) is -8.05. The summed E-state index contributed by atoms with van der Waals surface area (Å²) in [6.45, 7) is 8.39. The molecule has 90 heavy (non-hydrogen) atoms. The Balaban J connectivity index is 0.000000165. The average Bonchev–Trinajstić information content (AvgIpc) is 1.42. The van der Waals surface area contributed by atoms with Gasteiger partial charge < -0.3 is 50.8 Å². The normalized spacial score (nSPS) is 43.2. The highest BCUT2D eigenvalue weighted by Crippen LogP contribution is 2.75. The highest BCUT2D eigenvalue weighted by molar-refractivity contribution is 7.99. The van der Waals surface area contributed by atoms with Crippen LogP contribution in [0.5, 0.6) is 0 Å². The molecule has 14 nitrogen and oxygen atoms in total. The number of hydrogen-bond donors (Lipinski definition) is 6. The highest BCUT2D eigenvalue weighted by atomic mass is 32.2. The van der Waals surface area contributed by atoms with E-state index in [9.17, 15) is 39.6 Å². The zero-order valence-corrected chi connectivity index (χ0v) is 52.3. The van der Waals surface area contributed by atoms with E-state index in [4.69, 9.17) is 30.4 Å². The van der Waals surface area contributed by atoms with Crippen molar-refractivity contribution in [3.63, 3.8) is 0 Å². The third kappa shape index (κ3) is 8.66. The van der Waals surface area contributed by atoms with Crippen molar-refractivity contribution in [2.24, 2.45) is 45.3 Å². The lowest BCUT2D eigenvalue weighted by Crippen LogP contribution is -2.71. The lowest BCUT2D eigenvalue weighted by molar-refractivity contribution is -0.256. The molecule has 2 heterocycles. The van der Waals surface area contributed by atoms with Crippen molar-refractivity contribution in [1.29, 1.82) is 0 Å². The van der Waals surface area contributed by atoms with Crippen LogP contribution in [-0.2, 0) is 49.7 Å². The summed E-state index contributed by atoms with van der Waals surface area (Å²) in [5.41, 5.74) is 0.868. The number of Topliss-reactive ketones (excluding diaryl/α,β-unsaturated/α-hetero) is 2. The van der Waals surface area contributed by atoms with Gasteiger partial charge >= 0.3 is 0 Å². The second-order valence-electron chi connectivity index (χ2n) is 27.5. The van der Waals surface area contributed by atoms with Crippen molar-refractivity contribution < 1.29 is 76.1 Å². The number of rotatable bonds is 10. The van der Waals surface area contributed by atoms with Gasteiger partial charge in [-0.1, -0.05) is 73.8 Å². The van der Waals surface area contributed by atoms with Crippen LogP contribution in [0.2, 0.25) is 0 Å². The lowest BCUT2D eigenvalue weighted by Gasteiger charge is -2.63. The van der Waals surface area contributed by atoms with Gasteiger partial charge in [0.15, 0.2) is 57.2 Å². The third-order valence-electron chi connectivity index (χ3n) is 23.1. The first kappa shape index (κ1) is 63.0. The molecule has 0 bridgehead atoms. The predicted molar refractivity (Wildman–Crippen MR) is 327 cm³/mol. The van der Waals surface area contributed by atoms with Gasteiger partial charge in [-0.3, -0.25) is 19.2 Å². The number of aliphatic hydroxyl groups is 4. The Hall–Kier alpha value is -5.78. The van der Waals surface area contributed by atoms with E-state index in [1.165, 1.54) is 38.2 Å². The van der Waals surface area contributed by atoms with Gasteiger partial charge in [0.05, 0.1) is 24.4 Å². The molecule has 8 N–H and O–H groups in total. The zero-order chi connectivity index (χ0) is 64.3. The fraction of sp³-hybridized carbons (Fsp3) is 0.486. The maximum Gasteiger partial charge on any atom is 0.193 e. The molecule has 0 amide bonds. The average molecular weight is 1280 g/mol. The minimum Gasteiger partial charge on any atom is -0.399 e. The van der Waals surface area contributed by atoms with E-state index < -0.39 is 153 Å². The number of fused-ring (bicyclic) bond motifs is 14. The summed E-state index contributed by atoms with van der Waals surface area (Å²) < 4.78 is 93.6. The standard InChI is InChI=1S/2C35H37F2NO6S/c2*1-31-13-12-21(40)14-26(31)27(36)15-25-24-16-30-35(29(42)18-39,32(24,2)17-28(41)34(25,31)37)44-33(3,43-30)19-4-8-22(9-5-19)45-23-10-6-20(38)7-11-23/h2*4-14,24-25,27-28,30,39,41H,15-18,38H2,1-3H3/t24-,25-,27-,28-,30-,31-,32-,33+,34-,35-;24-,25-,27-,28-,30-,31-,32-,33-,34-,35-/m00/s1. The second-order valence-corrected chi connectivity index (χ2v) is 29.8. The molecule has 4 aromatic rings. The molecule has 14 rings (SSSR count). The Morgan fingerprint density at radius 2 is 0.844 bits per heavy atom. The van der Waals surface area contributed by atoms with Gasteiger partial charge in [-0.05, 0) is 186 Å². The molecule has 2 saturated heterocycles. The maximum absolute atomic E-state index is 17.6. The molecule has 476 valence electrons. The van der Waals surface area contributed by atoms with Crippen LogP contribution in [0.1, 0.15) is 91.2 Å². The summed E-state index contributed by atoms with van der Waals surface area (Å²) in [6, 6.07) is 30.2. The fourth-order valence-corrected chi connectivity index (χ4v) is 20.4. The Morgan fingerprint density at radius 1 is 0.522 bits per heavy atom. The lowest BCUT2D eigenvalue weighted by atomic mass is 9.44. The molecule has 0 spiro atoms. The Bertz CT molecular complexity index is 3500. The number of nitrogens with two attached hydrogens (primary N) is 2. The summed E-state index contributed by atoms with van der Waals surface area (Å²) in [5, 5.41) is 43.9. The first-order chi connectivity index (χ1) is 42.4. The van der Waals surface area contributed by atoms with E-state index in [1.54, 1.807) is 51.2 Å². The Labute approximate surface area is 527 Å². The summed E-state index contributed by atoms with van der Waals surface area (Å²) in [6.07, 6.45) is -1.12. The van der Waals surface area contributed by atoms with Crippen LogP contribution >= 0.6 is 23.5 Å². The van der Waals surface area contributed by atoms with E-state index in [0.29, 0.717) is 22.5 Å². The molecule has 8 fully saturated rings. The maximum atomic E-state index is 17.6. The number of anilines is 2. The second kappa shape index (κ2) is 21.4. The first-order valence-electron chi connectivity index (χ1n) is 30.7. The van der Waals surface area contributed by atoms with E-state index in [-0.39, 0.29) is 49.7 Å². The number of nitrogen functional groups attached to an aromatic ring is 2. The molecule has 8 aliphatic carbocycles. The van der Waals surface area contributed by atoms with E-state index in [0.717, 1.165) is 31.7 Å². The van der Waals surface area contributed by atoms with Crippen molar-refractivity contribution in [3.8, 4) is 0 Å². The summed E-state index contributed by atoms with van der Waals surface area (Å²) in [4.78, 5) is 55.9. The fourth-order valence-electron chi connectivity index (χ4n) is 18.8. The molecule has 10 aliphatic rings. The number of benzene rings is 4. The molecule has 2 aliphatic heterocycles. The largest absolute Gasteiger partial charge is 0.399 e. The van der Waals surface area contributed by atoms with E-state index in [1.807, 2.05) is 97.1 Å². The SMILES string of the molecule is C[C@@]1(c2ccc(Sc3ccc(N)cc3)cc2)O[C@H]2C[C@H]3[C@@H]4C[C@H](F)C5=CC(=O)C=C[C@]5(C)[C@@]4(F)[C@@H](O)C[C@]3(C)[C@@]2(C(=O)CO)O1.C[C@]1(c2ccc(Sc3ccc(N)cc3)cc2)O[C@H]2C[C@H]3[C@@H]4C[C@H](F)C5=CC(=O)C=C[C@]5(C)[C@@]4(F)[C@@H](O)C[C@]3(C)[C@@]2(C(=O)CO)O1. The topological polar surface area (TPSA) is 238 Å². The molecule has 20 atom stereocenters. The quantitative estimate of drug-likeness (QED) is 0.0639. The van der Waals surface area contributed by atoms with Crippen LogP contribution in [0.3, 0.4) is 0 Å². The van der Waals surface area contributed by atoms with Crippen LogP contribution in [0, 0.1) is 45.3 Å². The predicted octanol–water partition coefficient (Wildman–Crippen LogP) is 10.5. The van der Waals surface area contributed by atoms with Gasteiger partial charge in [0.2, 0.25) is 0 Å². The van der Waals surface area contributed by atoms with Crippen LogP contribution in [0.25, 0.3) is 0 Å². The zero-order valence-electron chi connectivity index (χ0n) is 50.7. The molecule has 4 aromatic carbocycles. The van der Waals surface area contributed by atoms with E-state index in [2.05, 4.69) is 0 Å². The van der Waals surface area contributed by atoms with E-state index >= 15 is 17.6 Å². The number of hydrogen-bond acceptors (Lipinski definition) is 16. The van der Waals surface area contributed by atoms with Gasteiger partial charge in [-0.2, -0.15) is 0 Å². The van der Waals surface area contributed by atoms with Crippen molar-refractivity contribution in [3.05, 3.63) is 156 Å². The molecule has 0 aromatic heterocycles. The van der Waals surface area contributed by atoms with Crippen molar-refractivity contribution in [2.75, 3.05) is 24.7 Å². The van der Waals surface area contributed by atoms with Crippen LogP contribution in [0.15, 0.2) is 164 Å². The number of ether oxygens (including phenoxy) is 4. The minimum atomic E-state index is -2.30. The number of carbonyl (C=O) groups is 4. The number of aliphatic hydroxyl groups excluding tert-OH is 4. The van der Waals surface area contributed by atoms with Crippen LogP contribution in [-0.4, -0.2) is 116 Å². The highest BCUT2D eigenvalue weighted by Gasteiger charge is 2.83. The van der Waals surface area contributed by atoms with Gasteiger partial charge in [0.25, 0.3) is 0 Å². The Morgan fingerprint density at radius 3 is 1.17 bits per heavy atom.